The summed E-state index contributed by atoms with van der Waals surface area (Å²) in [5.41, 5.74) is 5.94. The van der Waals surface area contributed by atoms with E-state index < -0.39 is 25.3 Å². The average molecular weight is 320 g/mol. The van der Waals surface area contributed by atoms with Crippen LogP contribution in [0.4, 0.5) is 18.9 Å². The number of anilines is 1. The van der Waals surface area contributed by atoms with Gasteiger partial charge in [0, 0.05) is 18.7 Å². The van der Waals surface area contributed by atoms with E-state index in [1.807, 2.05) is 0 Å². The molecule has 0 bridgehead atoms. The summed E-state index contributed by atoms with van der Waals surface area (Å²) in [7, 11) is 0. The molecule has 0 aliphatic carbocycles. The smallest absolute Gasteiger partial charge is 0.393 e. The largest absolute Gasteiger partial charge is 0.411 e. The summed E-state index contributed by atoms with van der Waals surface area (Å²) in [6.45, 7) is -1.93. The van der Waals surface area contributed by atoms with Crippen LogP contribution in [-0.4, -0.2) is 36.8 Å². The van der Waals surface area contributed by atoms with E-state index in [4.69, 9.17) is 18.0 Å². The predicted molar refractivity (Wildman–Crippen MR) is 77.1 cm³/mol. The Morgan fingerprint density at radius 2 is 1.90 bits per heavy atom. The van der Waals surface area contributed by atoms with Crippen LogP contribution in [0, 0.1) is 0 Å². The second-order valence-electron chi connectivity index (χ2n) is 4.21. The van der Waals surface area contributed by atoms with Crippen LogP contribution in [0.2, 0.25) is 0 Å². The van der Waals surface area contributed by atoms with Crippen molar-refractivity contribution in [2.75, 3.05) is 24.7 Å². The SMILES string of the molecule is NC(=S)CCN(C(=O)COCC(F)(F)F)c1ccccc1. The molecule has 1 rings (SSSR count). The maximum absolute atomic E-state index is 12.0. The normalized spacial score (nSPS) is 11.2. The minimum absolute atomic E-state index is 0.188. The molecule has 1 amide bonds. The maximum atomic E-state index is 12.0. The van der Waals surface area contributed by atoms with Gasteiger partial charge < -0.3 is 15.4 Å². The van der Waals surface area contributed by atoms with E-state index in [0.717, 1.165) is 0 Å². The van der Waals surface area contributed by atoms with Gasteiger partial charge in [0.25, 0.3) is 5.91 Å². The molecule has 1 aromatic rings. The van der Waals surface area contributed by atoms with Crippen LogP contribution in [0.1, 0.15) is 6.42 Å². The first kappa shape index (κ1) is 17.4. The van der Waals surface area contributed by atoms with Gasteiger partial charge in [-0.2, -0.15) is 13.2 Å². The lowest BCUT2D eigenvalue weighted by atomic mass is 10.2. The summed E-state index contributed by atoms with van der Waals surface area (Å²) in [5.74, 6) is -0.582. The van der Waals surface area contributed by atoms with E-state index in [9.17, 15) is 18.0 Å². The zero-order valence-electron chi connectivity index (χ0n) is 11.1. The third kappa shape index (κ3) is 7.05. The van der Waals surface area contributed by atoms with Gasteiger partial charge in [0.1, 0.15) is 13.2 Å². The lowest BCUT2D eigenvalue weighted by molar-refractivity contribution is -0.175. The van der Waals surface area contributed by atoms with Gasteiger partial charge in [-0.15, -0.1) is 0 Å². The number of thiocarbonyl (C=S) groups is 1. The first-order valence-corrected chi connectivity index (χ1v) is 6.48. The summed E-state index contributed by atoms with van der Waals surface area (Å²) in [6.07, 6.45) is -4.19. The van der Waals surface area contributed by atoms with Crippen LogP contribution in [-0.2, 0) is 9.53 Å². The van der Waals surface area contributed by atoms with Gasteiger partial charge in [-0.3, -0.25) is 4.79 Å². The minimum atomic E-state index is -4.46. The van der Waals surface area contributed by atoms with Crippen molar-refractivity contribution in [3.63, 3.8) is 0 Å². The molecule has 0 aliphatic rings. The Bertz CT molecular complexity index is 480. The number of amides is 1. The zero-order valence-corrected chi connectivity index (χ0v) is 11.9. The van der Waals surface area contributed by atoms with Gasteiger partial charge in [-0.25, -0.2) is 0 Å². The minimum Gasteiger partial charge on any atom is -0.393 e. The number of ether oxygens (including phenoxy) is 1. The summed E-state index contributed by atoms with van der Waals surface area (Å²) in [5, 5.41) is 0. The fourth-order valence-corrected chi connectivity index (χ4v) is 1.65. The Balaban J connectivity index is 2.67. The number of nitrogens with zero attached hydrogens (tertiary/aromatic N) is 1. The summed E-state index contributed by atoms with van der Waals surface area (Å²) in [6, 6.07) is 8.53. The van der Waals surface area contributed by atoms with Crippen molar-refractivity contribution in [2.24, 2.45) is 5.73 Å². The number of carbonyl (C=O) groups excluding carboxylic acids is 1. The maximum Gasteiger partial charge on any atom is 0.411 e. The first-order valence-electron chi connectivity index (χ1n) is 6.08. The molecular weight excluding hydrogens is 305 g/mol. The second kappa shape index (κ2) is 7.94. The molecule has 0 aromatic heterocycles. The van der Waals surface area contributed by atoms with Crippen LogP contribution in [0.5, 0.6) is 0 Å². The number of nitrogens with two attached hydrogens (primary N) is 1. The molecule has 0 aliphatic heterocycles. The number of hydrogen-bond acceptors (Lipinski definition) is 3. The van der Waals surface area contributed by atoms with Crippen LogP contribution in [0.3, 0.4) is 0 Å². The third-order valence-electron chi connectivity index (χ3n) is 2.44. The Morgan fingerprint density at radius 1 is 1.29 bits per heavy atom. The number of para-hydroxylation sites is 1. The lowest BCUT2D eigenvalue weighted by Crippen LogP contribution is -2.37. The summed E-state index contributed by atoms with van der Waals surface area (Å²) < 4.78 is 40.4. The van der Waals surface area contributed by atoms with Gasteiger partial charge >= 0.3 is 6.18 Å². The number of hydrogen-bond donors (Lipinski definition) is 1. The van der Waals surface area contributed by atoms with Crippen LogP contribution in [0.15, 0.2) is 30.3 Å². The van der Waals surface area contributed by atoms with Crippen molar-refractivity contribution < 1.29 is 22.7 Å². The molecule has 0 saturated carbocycles. The molecule has 0 heterocycles. The lowest BCUT2D eigenvalue weighted by Gasteiger charge is -2.22. The Morgan fingerprint density at radius 3 is 2.43 bits per heavy atom. The highest BCUT2D eigenvalue weighted by atomic mass is 32.1. The number of alkyl halides is 3. The zero-order chi connectivity index (χ0) is 15.9. The standard InChI is InChI=1S/C13H15F3N2O2S/c14-13(15,16)9-20-8-12(19)18(7-6-11(17)21)10-4-2-1-3-5-10/h1-5H,6-9H2,(H2,17,21). The van der Waals surface area contributed by atoms with Crippen molar-refractivity contribution in [1.82, 2.24) is 0 Å². The molecule has 0 atom stereocenters. The van der Waals surface area contributed by atoms with Gasteiger partial charge in [-0.1, -0.05) is 30.4 Å². The Labute approximate surface area is 125 Å². The highest BCUT2D eigenvalue weighted by molar-refractivity contribution is 7.80. The monoisotopic (exact) mass is 320 g/mol. The highest BCUT2D eigenvalue weighted by Gasteiger charge is 2.28. The number of rotatable bonds is 7. The molecule has 0 unspecified atom stereocenters. The molecule has 8 heteroatoms. The number of carbonyl (C=O) groups is 1. The van der Waals surface area contributed by atoms with Crippen molar-refractivity contribution in [2.45, 2.75) is 12.6 Å². The van der Waals surface area contributed by atoms with E-state index in [0.29, 0.717) is 5.69 Å². The van der Waals surface area contributed by atoms with E-state index in [2.05, 4.69) is 4.74 Å². The molecule has 2 N–H and O–H groups in total. The highest BCUT2D eigenvalue weighted by Crippen LogP contribution is 2.16. The topological polar surface area (TPSA) is 55.6 Å². The van der Waals surface area contributed by atoms with Crippen LogP contribution < -0.4 is 10.6 Å². The van der Waals surface area contributed by atoms with Crippen molar-refractivity contribution in [3.8, 4) is 0 Å². The van der Waals surface area contributed by atoms with Gasteiger partial charge in [0.05, 0.1) is 4.99 Å². The van der Waals surface area contributed by atoms with Gasteiger partial charge in [-0.05, 0) is 12.1 Å². The van der Waals surface area contributed by atoms with Gasteiger partial charge in [0.15, 0.2) is 0 Å². The third-order valence-corrected chi connectivity index (χ3v) is 2.65. The van der Waals surface area contributed by atoms with E-state index in [1.54, 1.807) is 30.3 Å². The molecular formula is C13H15F3N2O2S. The molecule has 0 saturated heterocycles. The van der Waals surface area contributed by atoms with E-state index in [1.165, 1.54) is 4.90 Å². The molecule has 0 spiro atoms. The molecule has 116 valence electrons. The van der Waals surface area contributed by atoms with Crippen LogP contribution in [0.25, 0.3) is 0 Å². The first-order chi connectivity index (χ1) is 9.79. The predicted octanol–water partition coefficient (Wildman–Crippen LogP) is 2.27. The number of benzene rings is 1. The van der Waals surface area contributed by atoms with Crippen LogP contribution >= 0.6 is 12.2 Å². The van der Waals surface area contributed by atoms with Gasteiger partial charge in [0.2, 0.25) is 0 Å². The fraction of sp³-hybridized carbons (Fsp3) is 0.385. The van der Waals surface area contributed by atoms with Crippen molar-refractivity contribution in [3.05, 3.63) is 30.3 Å². The van der Waals surface area contributed by atoms with E-state index >= 15 is 0 Å². The molecule has 4 nitrogen and oxygen atoms in total. The van der Waals surface area contributed by atoms with Crippen molar-refractivity contribution in [1.29, 1.82) is 0 Å². The Kier molecular flexibility index (Phi) is 6.57. The quantitative estimate of drug-likeness (QED) is 0.783. The number of halogens is 3. The molecule has 1 aromatic carbocycles. The fourth-order valence-electron chi connectivity index (χ4n) is 1.56. The molecule has 21 heavy (non-hydrogen) atoms. The molecule has 0 fully saturated rings. The summed E-state index contributed by atoms with van der Waals surface area (Å²) in [4.78, 5) is 13.5. The van der Waals surface area contributed by atoms with E-state index in [-0.39, 0.29) is 18.0 Å². The molecule has 0 radical (unpaired) electrons. The van der Waals surface area contributed by atoms with Crippen molar-refractivity contribution >= 4 is 28.8 Å². The Hall–Kier alpha value is -1.67. The summed E-state index contributed by atoms with van der Waals surface area (Å²) >= 11 is 4.75. The second-order valence-corrected chi connectivity index (χ2v) is 4.73. The average Bonchev–Trinajstić information content (AvgIpc) is 2.38.